The molecule has 27 heavy (non-hydrogen) atoms. The Labute approximate surface area is 161 Å². The lowest BCUT2D eigenvalue weighted by Crippen LogP contribution is -2.51. The van der Waals surface area contributed by atoms with Crippen molar-refractivity contribution in [3.8, 4) is 0 Å². The first-order chi connectivity index (χ1) is 12.8. The molecule has 0 aromatic heterocycles. The molecule has 0 spiro atoms. The van der Waals surface area contributed by atoms with Gasteiger partial charge < -0.3 is 19.5 Å². The van der Waals surface area contributed by atoms with E-state index in [-0.39, 0.29) is 17.4 Å². The fourth-order valence-corrected chi connectivity index (χ4v) is 3.49. The van der Waals surface area contributed by atoms with Crippen molar-refractivity contribution in [2.45, 2.75) is 65.0 Å². The van der Waals surface area contributed by atoms with Gasteiger partial charge in [-0.05, 0) is 26.2 Å². The highest BCUT2D eigenvalue weighted by molar-refractivity contribution is 6.00. The highest BCUT2D eigenvalue weighted by Gasteiger charge is 2.64. The number of rotatable bonds is 9. The maximum Gasteiger partial charge on any atom is 0.251 e. The van der Waals surface area contributed by atoms with Gasteiger partial charge in [-0.15, -0.1) is 0 Å². The van der Waals surface area contributed by atoms with Gasteiger partial charge in [0.2, 0.25) is 5.79 Å². The van der Waals surface area contributed by atoms with Crippen molar-refractivity contribution in [3.63, 3.8) is 0 Å². The minimum absolute atomic E-state index is 0.192. The van der Waals surface area contributed by atoms with Crippen LogP contribution >= 0.6 is 0 Å². The molecule has 0 saturated carbocycles. The number of hydrogen-bond donors (Lipinski definition) is 1. The minimum atomic E-state index is -1.27. The van der Waals surface area contributed by atoms with Gasteiger partial charge in [-0.2, -0.15) is 0 Å². The summed E-state index contributed by atoms with van der Waals surface area (Å²) < 4.78 is 16.3. The van der Waals surface area contributed by atoms with Gasteiger partial charge in [-0.25, -0.2) is 0 Å². The Morgan fingerprint density at radius 3 is 2.63 bits per heavy atom. The second kappa shape index (κ2) is 8.95. The largest absolute Gasteiger partial charge is 0.355 e. The van der Waals surface area contributed by atoms with Crippen LogP contribution in [-0.2, 0) is 23.8 Å². The predicted molar refractivity (Wildman–Crippen MR) is 103 cm³/mol. The van der Waals surface area contributed by atoms with Crippen LogP contribution in [0.1, 0.15) is 47.0 Å². The average Bonchev–Trinajstić information content (AvgIpc) is 3.42. The normalized spacial score (nSPS) is 25.6. The molecular formula is C21H31NO5. The Kier molecular flexibility index (Phi) is 7.14. The van der Waals surface area contributed by atoms with Gasteiger partial charge in [0.1, 0.15) is 0 Å². The highest BCUT2D eigenvalue weighted by Crippen LogP contribution is 2.43. The number of epoxide rings is 1. The summed E-state index contributed by atoms with van der Waals surface area (Å²) in [6.07, 6.45) is 7.76. The molecule has 1 N–H and O–H groups in total. The van der Waals surface area contributed by atoms with E-state index in [1.54, 1.807) is 6.92 Å². The van der Waals surface area contributed by atoms with Crippen LogP contribution < -0.4 is 5.32 Å². The van der Waals surface area contributed by atoms with Gasteiger partial charge in [0.25, 0.3) is 5.91 Å². The standard InChI is InChI=1S/C21H31NO5/c1-7-8-9-13(2)10-14(3)11-15(4)20(24)22-17-12-16(23)18-19(27-18)21(17,25-5)26-6/h10-13,18-19H,7-9H2,1-6H3,(H,22,24)/b14-10+,15-11+/t13-,18+,19+/m0/s1. The zero-order valence-corrected chi connectivity index (χ0v) is 17.1. The monoisotopic (exact) mass is 377 g/mol. The van der Waals surface area contributed by atoms with Crippen LogP contribution in [0, 0.1) is 5.92 Å². The second-order valence-electron chi connectivity index (χ2n) is 7.33. The molecule has 1 fully saturated rings. The van der Waals surface area contributed by atoms with Crippen LogP contribution in [-0.4, -0.2) is 43.9 Å². The van der Waals surface area contributed by atoms with E-state index in [1.165, 1.54) is 33.1 Å². The van der Waals surface area contributed by atoms with E-state index >= 15 is 0 Å². The number of amides is 1. The zero-order chi connectivity index (χ0) is 20.2. The van der Waals surface area contributed by atoms with E-state index in [4.69, 9.17) is 14.2 Å². The van der Waals surface area contributed by atoms with Crippen molar-refractivity contribution < 1.29 is 23.8 Å². The first kappa shape index (κ1) is 21.5. The second-order valence-corrected chi connectivity index (χ2v) is 7.33. The number of hydrogen-bond acceptors (Lipinski definition) is 5. The van der Waals surface area contributed by atoms with Crippen molar-refractivity contribution in [1.29, 1.82) is 0 Å². The molecule has 2 aliphatic rings. The van der Waals surface area contributed by atoms with E-state index in [1.807, 2.05) is 13.0 Å². The lowest BCUT2D eigenvalue weighted by atomic mass is 9.96. The molecular weight excluding hydrogens is 346 g/mol. The number of unbranched alkanes of at least 4 members (excludes halogenated alkanes) is 1. The molecule has 6 heteroatoms. The Balaban J connectivity index is 2.10. The Bertz CT molecular complexity index is 672. The van der Waals surface area contributed by atoms with E-state index < -0.39 is 18.0 Å². The quantitative estimate of drug-likeness (QED) is 0.289. The Morgan fingerprint density at radius 2 is 2.04 bits per heavy atom. The zero-order valence-electron chi connectivity index (χ0n) is 17.1. The molecule has 3 atom stereocenters. The van der Waals surface area contributed by atoms with Gasteiger partial charge in [0, 0.05) is 25.9 Å². The van der Waals surface area contributed by atoms with Crippen molar-refractivity contribution in [1.82, 2.24) is 5.32 Å². The Morgan fingerprint density at radius 1 is 1.37 bits per heavy atom. The molecule has 0 aromatic rings. The number of ketones is 1. The van der Waals surface area contributed by atoms with Crippen molar-refractivity contribution in [2.75, 3.05) is 14.2 Å². The maximum absolute atomic E-state index is 12.6. The number of ether oxygens (including phenoxy) is 3. The smallest absolute Gasteiger partial charge is 0.251 e. The van der Waals surface area contributed by atoms with Crippen LogP contribution in [0.2, 0.25) is 0 Å². The number of allylic oxidation sites excluding steroid dienone is 3. The molecule has 1 saturated heterocycles. The molecule has 2 rings (SSSR count). The first-order valence-corrected chi connectivity index (χ1v) is 9.48. The topological polar surface area (TPSA) is 77.2 Å². The molecule has 150 valence electrons. The highest BCUT2D eigenvalue weighted by atomic mass is 16.7. The SMILES string of the molecule is CCCC[C@H](C)/C=C(C)/C=C(\C)C(=O)NC1=CC(=O)[C@H]2O[C@H]2C1(OC)OC. The lowest BCUT2D eigenvalue weighted by Gasteiger charge is -2.33. The fourth-order valence-electron chi connectivity index (χ4n) is 3.49. The Hall–Kier alpha value is -1.76. The average molecular weight is 377 g/mol. The molecule has 0 bridgehead atoms. The summed E-state index contributed by atoms with van der Waals surface area (Å²) in [6.45, 7) is 8.09. The number of carbonyl (C=O) groups is 2. The minimum Gasteiger partial charge on any atom is -0.355 e. The van der Waals surface area contributed by atoms with Crippen molar-refractivity contribution >= 4 is 11.7 Å². The summed E-state index contributed by atoms with van der Waals surface area (Å²) >= 11 is 0. The van der Waals surface area contributed by atoms with E-state index in [0.717, 1.165) is 12.0 Å². The van der Waals surface area contributed by atoms with Crippen molar-refractivity contribution in [3.05, 3.63) is 35.1 Å². The molecule has 0 unspecified atom stereocenters. The van der Waals surface area contributed by atoms with E-state index in [9.17, 15) is 9.59 Å². The van der Waals surface area contributed by atoms with Gasteiger partial charge in [0.05, 0.1) is 5.70 Å². The summed E-state index contributed by atoms with van der Waals surface area (Å²) in [5, 5.41) is 2.77. The van der Waals surface area contributed by atoms with Gasteiger partial charge in [-0.1, -0.05) is 44.4 Å². The lowest BCUT2D eigenvalue weighted by molar-refractivity contribution is -0.195. The van der Waals surface area contributed by atoms with E-state index in [0.29, 0.717) is 11.5 Å². The van der Waals surface area contributed by atoms with Crippen LogP contribution in [0.5, 0.6) is 0 Å². The summed E-state index contributed by atoms with van der Waals surface area (Å²) in [5.41, 5.74) is 1.85. The summed E-state index contributed by atoms with van der Waals surface area (Å²) in [4.78, 5) is 24.7. The van der Waals surface area contributed by atoms with Crippen LogP contribution in [0.3, 0.4) is 0 Å². The van der Waals surface area contributed by atoms with Crippen LogP contribution in [0.25, 0.3) is 0 Å². The summed E-state index contributed by atoms with van der Waals surface area (Å²) in [5.74, 6) is -1.30. The fraction of sp³-hybridized carbons (Fsp3) is 0.619. The summed E-state index contributed by atoms with van der Waals surface area (Å²) in [7, 11) is 2.93. The first-order valence-electron chi connectivity index (χ1n) is 9.48. The number of fused-ring (bicyclic) bond motifs is 1. The van der Waals surface area contributed by atoms with Gasteiger partial charge in [-0.3, -0.25) is 9.59 Å². The van der Waals surface area contributed by atoms with Crippen molar-refractivity contribution in [2.24, 2.45) is 5.92 Å². The third-order valence-electron chi connectivity index (χ3n) is 5.03. The molecule has 1 aliphatic heterocycles. The molecule has 1 heterocycles. The van der Waals surface area contributed by atoms with E-state index in [2.05, 4.69) is 25.2 Å². The third kappa shape index (κ3) is 4.75. The van der Waals surface area contributed by atoms with Gasteiger partial charge >= 0.3 is 0 Å². The van der Waals surface area contributed by atoms with Crippen LogP contribution in [0.15, 0.2) is 35.1 Å². The van der Waals surface area contributed by atoms with Crippen LogP contribution in [0.4, 0.5) is 0 Å². The number of carbonyl (C=O) groups excluding carboxylic acids is 2. The van der Waals surface area contributed by atoms with Gasteiger partial charge in [0.15, 0.2) is 18.0 Å². The molecule has 0 aromatic carbocycles. The summed E-state index contributed by atoms with van der Waals surface area (Å²) in [6, 6.07) is 0. The molecule has 1 amide bonds. The predicted octanol–water partition coefficient (Wildman–Crippen LogP) is 3.04. The molecule has 6 nitrogen and oxygen atoms in total. The number of methoxy groups -OCH3 is 2. The molecule has 1 aliphatic carbocycles. The maximum atomic E-state index is 12.6. The third-order valence-corrected chi connectivity index (χ3v) is 5.03. The number of nitrogens with one attached hydrogen (secondary N) is 1. The molecule has 0 radical (unpaired) electrons.